The summed E-state index contributed by atoms with van der Waals surface area (Å²) < 4.78 is 0. The second-order valence-electron chi connectivity index (χ2n) is 3.58. The predicted octanol–water partition coefficient (Wildman–Crippen LogP) is -0.566. The third kappa shape index (κ3) is 33.2. The van der Waals surface area contributed by atoms with Gasteiger partial charge in [0.25, 0.3) is 0 Å². The van der Waals surface area contributed by atoms with Crippen molar-refractivity contribution in [1.29, 1.82) is 0 Å². The molecule has 0 aliphatic heterocycles. The Bertz CT molecular complexity index is 129. The second kappa shape index (κ2) is 28.4. The minimum Gasteiger partial charge on any atom is -0.662 e. The van der Waals surface area contributed by atoms with Gasteiger partial charge >= 0.3 is 17.1 Å². The molecule has 133 valence electrons. The standard InChI is InChI=1S/2C6H14N2O2.Cu/c2*9-5-3-7-1-2-8-4-6-10;/h2*9-10H,1-6H2;/q2*-2;+2. The van der Waals surface area contributed by atoms with Crippen molar-refractivity contribution in [3.63, 3.8) is 0 Å². The number of aliphatic hydroxyl groups is 4. The van der Waals surface area contributed by atoms with Gasteiger partial charge in [0, 0.05) is 26.4 Å². The van der Waals surface area contributed by atoms with Crippen LogP contribution in [-0.4, -0.2) is 99.2 Å². The molecule has 0 aliphatic rings. The molecule has 9 heteroatoms. The molecule has 0 amide bonds. The Labute approximate surface area is 138 Å². The first-order chi connectivity index (χ1) is 9.83. The first-order valence-corrected chi connectivity index (χ1v) is 6.79. The summed E-state index contributed by atoms with van der Waals surface area (Å²) in [6.45, 7) is 5.04. The molecule has 0 fully saturated rings. The van der Waals surface area contributed by atoms with Gasteiger partial charge in [-0.1, -0.05) is 0 Å². The average molecular weight is 356 g/mol. The molecular weight excluding hydrogens is 328 g/mol. The summed E-state index contributed by atoms with van der Waals surface area (Å²) in [6, 6.07) is 0. The quantitative estimate of drug-likeness (QED) is 0.245. The van der Waals surface area contributed by atoms with Crippen LogP contribution in [0.5, 0.6) is 0 Å². The Balaban J connectivity index is -0.000000295. The fourth-order valence-corrected chi connectivity index (χ4v) is 1.01. The van der Waals surface area contributed by atoms with Crippen molar-refractivity contribution < 1.29 is 37.5 Å². The zero-order valence-electron chi connectivity index (χ0n) is 12.4. The molecule has 0 aliphatic carbocycles. The number of aliphatic hydroxyl groups excluding tert-OH is 4. The van der Waals surface area contributed by atoms with E-state index >= 15 is 0 Å². The first kappa shape index (κ1) is 26.1. The van der Waals surface area contributed by atoms with E-state index in [9.17, 15) is 0 Å². The molecule has 8 nitrogen and oxygen atoms in total. The normalized spacial score (nSPS) is 9.71. The molecule has 0 heterocycles. The van der Waals surface area contributed by atoms with E-state index in [-0.39, 0.29) is 43.5 Å². The van der Waals surface area contributed by atoms with Crippen LogP contribution in [0.1, 0.15) is 0 Å². The molecule has 4 N–H and O–H groups in total. The van der Waals surface area contributed by atoms with Crippen molar-refractivity contribution in [3.8, 4) is 0 Å². The van der Waals surface area contributed by atoms with Crippen molar-refractivity contribution in [3.05, 3.63) is 21.3 Å². The van der Waals surface area contributed by atoms with Crippen LogP contribution < -0.4 is 0 Å². The molecule has 0 saturated carbocycles. The maximum Gasteiger partial charge on any atom is 2.00 e. The van der Waals surface area contributed by atoms with Crippen LogP contribution >= 0.6 is 0 Å². The van der Waals surface area contributed by atoms with Crippen LogP contribution in [0.2, 0.25) is 0 Å². The van der Waals surface area contributed by atoms with Crippen LogP contribution in [0, 0.1) is 0 Å². The molecule has 0 aromatic rings. The Kier molecular flexibility index (Phi) is 35.3. The first-order valence-electron chi connectivity index (χ1n) is 6.79. The summed E-state index contributed by atoms with van der Waals surface area (Å²) in [4.78, 5) is 0. The van der Waals surface area contributed by atoms with Gasteiger partial charge in [-0.2, -0.15) is 26.2 Å². The van der Waals surface area contributed by atoms with Crippen LogP contribution in [0.15, 0.2) is 0 Å². The molecular formula is C12H28CuN4O4-2. The van der Waals surface area contributed by atoms with Gasteiger partial charge < -0.3 is 41.7 Å². The van der Waals surface area contributed by atoms with Gasteiger partial charge in [-0.25, -0.2) is 0 Å². The molecule has 0 aromatic carbocycles. The fraction of sp³-hybridized carbons (Fsp3) is 1.00. The van der Waals surface area contributed by atoms with Crippen LogP contribution in [0.25, 0.3) is 21.3 Å². The predicted molar refractivity (Wildman–Crippen MR) is 80.7 cm³/mol. The Morgan fingerprint density at radius 1 is 0.381 bits per heavy atom. The van der Waals surface area contributed by atoms with Gasteiger partial charge in [0.2, 0.25) is 0 Å². The number of hydrogen-bond acceptors (Lipinski definition) is 4. The van der Waals surface area contributed by atoms with Gasteiger partial charge in [-0.3, -0.25) is 0 Å². The van der Waals surface area contributed by atoms with E-state index in [1.165, 1.54) is 0 Å². The molecule has 0 saturated heterocycles. The second-order valence-corrected chi connectivity index (χ2v) is 3.58. The van der Waals surface area contributed by atoms with Crippen molar-refractivity contribution in [2.45, 2.75) is 0 Å². The molecule has 0 aromatic heterocycles. The molecule has 0 spiro atoms. The number of nitrogens with zero attached hydrogens (tertiary/aromatic N) is 4. The number of hydrogen-bond donors (Lipinski definition) is 4. The Morgan fingerprint density at radius 3 is 0.714 bits per heavy atom. The topological polar surface area (TPSA) is 137 Å². The van der Waals surface area contributed by atoms with Crippen LogP contribution in [0.3, 0.4) is 0 Å². The summed E-state index contributed by atoms with van der Waals surface area (Å²) in [6.07, 6.45) is 0. The SMILES string of the molecule is OCC[N-]CC[N-]CCO.OCC[N-]CC[N-]CCO.[Cu+2]. The summed E-state index contributed by atoms with van der Waals surface area (Å²) in [5.41, 5.74) is 0. The minimum atomic E-state index is 0. The van der Waals surface area contributed by atoms with E-state index in [0.29, 0.717) is 52.4 Å². The summed E-state index contributed by atoms with van der Waals surface area (Å²) in [5, 5.41) is 49.0. The van der Waals surface area contributed by atoms with Gasteiger partial charge in [0.15, 0.2) is 0 Å². The third-order valence-electron chi connectivity index (χ3n) is 1.86. The monoisotopic (exact) mass is 355 g/mol. The van der Waals surface area contributed by atoms with Gasteiger partial charge in [-0.05, 0) is 0 Å². The Morgan fingerprint density at radius 2 is 0.571 bits per heavy atom. The average Bonchev–Trinajstić information content (AvgIpc) is 2.47. The van der Waals surface area contributed by atoms with Crippen molar-refractivity contribution in [1.82, 2.24) is 0 Å². The summed E-state index contributed by atoms with van der Waals surface area (Å²) in [7, 11) is 0. The van der Waals surface area contributed by atoms with Crippen LogP contribution in [-0.2, 0) is 17.1 Å². The third-order valence-corrected chi connectivity index (χ3v) is 1.86. The van der Waals surface area contributed by atoms with Crippen LogP contribution in [0.4, 0.5) is 0 Å². The molecule has 1 radical (unpaired) electrons. The molecule has 21 heavy (non-hydrogen) atoms. The van der Waals surface area contributed by atoms with Crippen molar-refractivity contribution in [2.75, 3.05) is 78.8 Å². The smallest absolute Gasteiger partial charge is 0.662 e. The van der Waals surface area contributed by atoms with E-state index in [1.807, 2.05) is 0 Å². The van der Waals surface area contributed by atoms with E-state index < -0.39 is 0 Å². The van der Waals surface area contributed by atoms with Crippen molar-refractivity contribution >= 4 is 0 Å². The molecule has 0 bridgehead atoms. The minimum absolute atomic E-state index is 0. The largest absolute Gasteiger partial charge is 2.00 e. The van der Waals surface area contributed by atoms with E-state index in [0.717, 1.165) is 0 Å². The molecule has 0 atom stereocenters. The maximum absolute atomic E-state index is 8.30. The van der Waals surface area contributed by atoms with E-state index in [2.05, 4.69) is 21.3 Å². The zero-order chi connectivity index (χ0) is 15.3. The molecule has 0 unspecified atom stereocenters. The maximum atomic E-state index is 8.30. The number of rotatable bonds is 14. The zero-order valence-corrected chi connectivity index (χ0v) is 13.3. The van der Waals surface area contributed by atoms with E-state index in [1.54, 1.807) is 0 Å². The van der Waals surface area contributed by atoms with Crippen molar-refractivity contribution in [2.24, 2.45) is 0 Å². The summed E-state index contributed by atoms with van der Waals surface area (Å²) in [5.74, 6) is 0. The fourth-order valence-electron chi connectivity index (χ4n) is 1.01. The van der Waals surface area contributed by atoms with Gasteiger partial charge in [-0.15, -0.1) is 26.2 Å². The summed E-state index contributed by atoms with van der Waals surface area (Å²) >= 11 is 0. The van der Waals surface area contributed by atoms with E-state index in [4.69, 9.17) is 20.4 Å². The Hall–Kier alpha value is 0.199. The van der Waals surface area contributed by atoms with Gasteiger partial charge in [0.05, 0.1) is 0 Å². The van der Waals surface area contributed by atoms with Gasteiger partial charge in [0.1, 0.15) is 0 Å². The molecule has 0 rings (SSSR count).